The van der Waals surface area contributed by atoms with E-state index in [9.17, 15) is 0 Å². The molecule has 0 fully saturated rings. The molecular weight excluding hydrogens is 345 g/mol. The van der Waals surface area contributed by atoms with Crippen LogP contribution in [0, 0.1) is 0 Å². The summed E-state index contributed by atoms with van der Waals surface area (Å²) >= 11 is 1.92. The van der Waals surface area contributed by atoms with Crippen LogP contribution in [0.3, 0.4) is 0 Å². The van der Waals surface area contributed by atoms with Gasteiger partial charge in [0.05, 0.1) is 6.54 Å². The molecule has 0 aliphatic rings. The number of unbranched alkanes of at least 4 members (excludes halogenated alkanes) is 3. The minimum absolute atomic E-state index is 0. The molecule has 3 nitrogen and oxygen atoms in total. The van der Waals surface area contributed by atoms with Crippen molar-refractivity contribution in [3.63, 3.8) is 0 Å². The predicted octanol–water partition coefficient (Wildman–Crippen LogP) is 3.01. The van der Waals surface area contributed by atoms with E-state index in [1.807, 2.05) is 18.7 Å². The first-order valence-electron chi connectivity index (χ1n) is 5.84. The second-order valence-corrected chi connectivity index (χ2v) is 4.98. The molecule has 0 saturated carbocycles. The number of hydrogen-bond donors (Lipinski definition) is 2. The highest BCUT2D eigenvalue weighted by Gasteiger charge is 1.92. The summed E-state index contributed by atoms with van der Waals surface area (Å²) < 4.78 is 0. The van der Waals surface area contributed by atoms with E-state index in [-0.39, 0.29) is 24.0 Å². The second kappa shape index (κ2) is 14.2. The molecule has 0 unspecified atom stereocenters. The lowest BCUT2D eigenvalue weighted by Gasteiger charge is -2.05. The molecule has 102 valence electrons. The SMILES string of the molecule is C=C(C)CN=C(N)NCCCCCCSC.I. The van der Waals surface area contributed by atoms with Crippen molar-refractivity contribution in [2.45, 2.75) is 32.6 Å². The third-order valence-electron chi connectivity index (χ3n) is 2.10. The first-order valence-corrected chi connectivity index (χ1v) is 7.23. The Morgan fingerprint density at radius 2 is 1.94 bits per heavy atom. The number of guanidine groups is 1. The van der Waals surface area contributed by atoms with Gasteiger partial charge in [0.2, 0.25) is 0 Å². The Morgan fingerprint density at radius 1 is 1.29 bits per heavy atom. The van der Waals surface area contributed by atoms with E-state index in [2.05, 4.69) is 23.1 Å². The fourth-order valence-electron chi connectivity index (χ4n) is 1.22. The Morgan fingerprint density at radius 3 is 2.53 bits per heavy atom. The van der Waals surface area contributed by atoms with E-state index in [0.717, 1.165) is 18.5 Å². The highest BCUT2D eigenvalue weighted by atomic mass is 127. The second-order valence-electron chi connectivity index (χ2n) is 3.99. The van der Waals surface area contributed by atoms with Gasteiger partial charge in [0.1, 0.15) is 0 Å². The summed E-state index contributed by atoms with van der Waals surface area (Å²) in [5.41, 5.74) is 6.71. The first kappa shape index (κ1) is 19.4. The molecule has 5 heteroatoms. The van der Waals surface area contributed by atoms with Crippen LogP contribution in [-0.4, -0.2) is 31.1 Å². The zero-order valence-electron chi connectivity index (χ0n) is 11.0. The molecule has 0 rings (SSSR count). The van der Waals surface area contributed by atoms with Gasteiger partial charge in [-0.15, -0.1) is 24.0 Å². The number of nitrogens with zero attached hydrogens (tertiary/aromatic N) is 1. The number of hydrogen-bond acceptors (Lipinski definition) is 2. The smallest absolute Gasteiger partial charge is 0.188 e. The largest absolute Gasteiger partial charge is 0.370 e. The zero-order chi connectivity index (χ0) is 12.2. The standard InChI is InChI=1S/C12H25N3S.HI/c1-11(2)10-15-12(13)14-8-6-4-5-7-9-16-3;/h1,4-10H2,2-3H3,(H3,13,14,15);1H. The minimum atomic E-state index is 0. The molecule has 0 aromatic carbocycles. The average Bonchev–Trinajstić information content (AvgIpc) is 2.25. The van der Waals surface area contributed by atoms with E-state index >= 15 is 0 Å². The summed E-state index contributed by atoms with van der Waals surface area (Å²) in [4.78, 5) is 4.15. The zero-order valence-corrected chi connectivity index (χ0v) is 14.1. The van der Waals surface area contributed by atoms with Crippen molar-refractivity contribution in [3.8, 4) is 0 Å². The van der Waals surface area contributed by atoms with Crippen molar-refractivity contribution in [3.05, 3.63) is 12.2 Å². The molecule has 0 aromatic rings. The quantitative estimate of drug-likeness (QED) is 0.215. The molecule has 3 N–H and O–H groups in total. The molecule has 0 atom stereocenters. The maximum atomic E-state index is 5.68. The molecule has 0 aromatic heterocycles. The number of halogens is 1. The van der Waals surface area contributed by atoms with Crippen LogP contribution >= 0.6 is 35.7 Å². The normalized spacial score (nSPS) is 10.8. The van der Waals surface area contributed by atoms with Gasteiger partial charge in [-0.25, -0.2) is 4.99 Å². The Hall–Kier alpha value is 0.0900. The van der Waals surface area contributed by atoms with Crippen molar-refractivity contribution < 1.29 is 0 Å². The molecule has 0 aliphatic carbocycles. The maximum Gasteiger partial charge on any atom is 0.188 e. The number of rotatable bonds is 9. The topological polar surface area (TPSA) is 50.4 Å². The van der Waals surface area contributed by atoms with Gasteiger partial charge < -0.3 is 11.1 Å². The summed E-state index contributed by atoms with van der Waals surface area (Å²) in [7, 11) is 0. The van der Waals surface area contributed by atoms with Crippen molar-refractivity contribution >= 4 is 41.7 Å². The Labute approximate surface area is 127 Å². The summed E-state index contributed by atoms with van der Waals surface area (Å²) in [5.74, 6) is 1.81. The summed E-state index contributed by atoms with van der Waals surface area (Å²) in [5, 5.41) is 3.11. The van der Waals surface area contributed by atoms with Crippen LogP contribution in [0.15, 0.2) is 17.1 Å². The van der Waals surface area contributed by atoms with E-state index in [4.69, 9.17) is 5.73 Å². The maximum absolute atomic E-state index is 5.68. The monoisotopic (exact) mass is 371 g/mol. The van der Waals surface area contributed by atoms with Crippen LogP contribution in [0.4, 0.5) is 0 Å². The Balaban J connectivity index is 0. The minimum Gasteiger partial charge on any atom is -0.370 e. The van der Waals surface area contributed by atoms with Crippen molar-refractivity contribution in [2.24, 2.45) is 10.7 Å². The molecule has 0 bridgehead atoms. The van der Waals surface area contributed by atoms with E-state index < -0.39 is 0 Å². The van der Waals surface area contributed by atoms with E-state index in [1.54, 1.807) is 0 Å². The molecule has 17 heavy (non-hydrogen) atoms. The molecule has 0 amide bonds. The van der Waals surface area contributed by atoms with Crippen LogP contribution in [0.25, 0.3) is 0 Å². The highest BCUT2D eigenvalue weighted by molar-refractivity contribution is 14.0. The van der Waals surface area contributed by atoms with Gasteiger partial charge in [-0.2, -0.15) is 11.8 Å². The fourth-order valence-corrected chi connectivity index (χ4v) is 1.71. The van der Waals surface area contributed by atoms with Crippen LogP contribution in [0.1, 0.15) is 32.6 Å². The van der Waals surface area contributed by atoms with Crippen molar-refractivity contribution in [2.75, 3.05) is 25.1 Å². The number of nitrogens with two attached hydrogens (primary N) is 1. The summed E-state index contributed by atoms with van der Waals surface area (Å²) in [6.45, 7) is 7.26. The number of thioether (sulfide) groups is 1. The fraction of sp³-hybridized carbons (Fsp3) is 0.750. The van der Waals surface area contributed by atoms with Gasteiger partial charge in [-0.1, -0.05) is 25.0 Å². The van der Waals surface area contributed by atoms with Crippen LogP contribution < -0.4 is 11.1 Å². The third kappa shape index (κ3) is 16.1. The van der Waals surface area contributed by atoms with Gasteiger partial charge in [0.25, 0.3) is 0 Å². The molecule has 0 radical (unpaired) electrons. The molecule has 0 spiro atoms. The molecule has 0 aliphatic heterocycles. The third-order valence-corrected chi connectivity index (χ3v) is 2.80. The summed E-state index contributed by atoms with van der Waals surface area (Å²) in [6.07, 6.45) is 7.21. The van der Waals surface area contributed by atoms with E-state index in [1.165, 1.54) is 25.0 Å². The average molecular weight is 371 g/mol. The van der Waals surface area contributed by atoms with Gasteiger partial charge in [0, 0.05) is 6.54 Å². The lowest BCUT2D eigenvalue weighted by molar-refractivity contribution is 0.655. The summed E-state index contributed by atoms with van der Waals surface area (Å²) in [6, 6.07) is 0. The van der Waals surface area contributed by atoms with Gasteiger partial charge >= 0.3 is 0 Å². The Bertz CT molecular complexity index is 220. The molecule has 0 heterocycles. The number of nitrogens with one attached hydrogen (secondary N) is 1. The lowest BCUT2D eigenvalue weighted by Crippen LogP contribution is -2.32. The van der Waals surface area contributed by atoms with Gasteiger partial charge in [0.15, 0.2) is 5.96 Å². The predicted molar refractivity (Wildman–Crippen MR) is 91.6 cm³/mol. The van der Waals surface area contributed by atoms with Crippen LogP contribution in [0.5, 0.6) is 0 Å². The van der Waals surface area contributed by atoms with E-state index in [0.29, 0.717) is 12.5 Å². The molecule has 0 saturated heterocycles. The number of aliphatic imine (C=N–C) groups is 1. The Kier molecular flexibility index (Phi) is 16.2. The molecular formula is C12H26IN3S. The van der Waals surface area contributed by atoms with Gasteiger partial charge in [-0.3, -0.25) is 0 Å². The lowest BCUT2D eigenvalue weighted by atomic mass is 10.2. The highest BCUT2D eigenvalue weighted by Crippen LogP contribution is 2.03. The van der Waals surface area contributed by atoms with Gasteiger partial charge in [-0.05, 0) is 31.8 Å². The van der Waals surface area contributed by atoms with Crippen molar-refractivity contribution in [1.29, 1.82) is 0 Å². The van der Waals surface area contributed by atoms with Crippen LogP contribution in [0.2, 0.25) is 0 Å². The first-order chi connectivity index (χ1) is 7.66. The van der Waals surface area contributed by atoms with Crippen LogP contribution in [-0.2, 0) is 0 Å². The van der Waals surface area contributed by atoms with Crippen molar-refractivity contribution in [1.82, 2.24) is 5.32 Å².